The highest BCUT2D eigenvalue weighted by atomic mass is 32.1. The molecule has 4 aromatic heterocycles. The van der Waals surface area contributed by atoms with Crippen LogP contribution < -0.4 is 0 Å². The fourth-order valence-electron chi connectivity index (χ4n) is 9.31. The van der Waals surface area contributed by atoms with E-state index in [9.17, 15) is 0 Å². The number of fused-ring (bicyclic) bond motifs is 11. The van der Waals surface area contributed by atoms with Gasteiger partial charge >= 0.3 is 0 Å². The Balaban J connectivity index is 1.16. The summed E-state index contributed by atoms with van der Waals surface area (Å²) < 4.78 is 5.76. The number of aromatic nitrogens is 6. The smallest absolute Gasteiger partial charge is 0.238 e. The van der Waals surface area contributed by atoms with Crippen molar-refractivity contribution >= 4 is 86.7 Å². The molecule has 6 nitrogen and oxygen atoms in total. The van der Waals surface area contributed by atoms with Gasteiger partial charge in [-0.05, 0) is 46.5 Å². The summed E-state index contributed by atoms with van der Waals surface area (Å²) in [5.41, 5.74) is 9.22. The lowest BCUT2D eigenvalue weighted by Gasteiger charge is -2.15. The van der Waals surface area contributed by atoms with Crippen LogP contribution in [0.25, 0.3) is 120 Å². The molecule has 0 aliphatic heterocycles. The average molecular weight is 797 g/mol. The van der Waals surface area contributed by atoms with Crippen molar-refractivity contribution in [3.63, 3.8) is 0 Å². The van der Waals surface area contributed by atoms with Crippen molar-refractivity contribution in [1.29, 1.82) is 0 Å². The van der Waals surface area contributed by atoms with Crippen LogP contribution in [0.2, 0.25) is 0 Å². The second-order valence-corrected chi connectivity index (χ2v) is 16.4. The minimum Gasteiger partial charge on any atom is -0.307 e. The van der Waals surface area contributed by atoms with Crippen LogP contribution >= 0.6 is 11.3 Å². The molecule has 0 amide bonds. The van der Waals surface area contributed by atoms with Gasteiger partial charge < -0.3 is 4.57 Å². The molecule has 0 bridgehead atoms. The van der Waals surface area contributed by atoms with Gasteiger partial charge in [0.05, 0.1) is 38.0 Å². The summed E-state index contributed by atoms with van der Waals surface area (Å²) in [5, 5.41) is 10.4. The average Bonchev–Trinajstić information content (AvgIpc) is 4.02. The van der Waals surface area contributed by atoms with E-state index in [1.54, 1.807) is 11.3 Å². The third kappa shape index (κ3) is 5.14. The highest BCUT2D eigenvalue weighted by molar-refractivity contribution is 7.22. The van der Waals surface area contributed by atoms with Gasteiger partial charge in [-0.25, -0.2) is 9.97 Å². The topological polar surface area (TPSA) is 61.4 Å². The zero-order valence-electron chi connectivity index (χ0n) is 32.6. The zero-order valence-corrected chi connectivity index (χ0v) is 33.4. The van der Waals surface area contributed by atoms with E-state index in [-0.39, 0.29) is 0 Å². The molecule has 7 heteroatoms. The van der Waals surface area contributed by atoms with Gasteiger partial charge in [-0.3, -0.25) is 4.57 Å². The molecule has 13 rings (SSSR count). The molecule has 0 aliphatic carbocycles. The molecule has 0 spiro atoms. The minimum atomic E-state index is 0.549. The van der Waals surface area contributed by atoms with E-state index in [0.717, 1.165) is 75.8 Å². The Hall–Kier alpha value is -8.00. The largest absolute Gasteiger partial charge is 0.307 e. The van der Waals surface area contributed by atoms with Crippen molar-refractivity contribution < 1.29 is 0 Å². The van der Waals surface area contributed by atoms with Gasteiger partial charge in [0.2, 0.25) is 5.95 Å². The Kier molecular flexibility index (Phi) is 7.37. The lowest BCUT2D eigenvalue weighted by Crippen LogP contribution is -2.07. The lowest BCUT2D eigenvalue weighted by molar-refractivity contribution is 0.954. The van der Waals surface area contributed by atoms with E-state index in [1.807, 2.05) is 30.3 Å². The predicted octanol–water partition coefficient (Wildman–Crippen LogP) is 14.0. The third-order valence-corrected chi connectivity index (χ3v) is 13.2. The van der Waals surface area contributed by atoms with Crippen LogP contribution in [0.4, 0.5) is 0 Å². The maximum absolute atomic E-state index is 5.46. The van der Waals surface area contributed by atoms with E-state index in [4.69, 9.17) is 19.9 Å². The number of para-hydroxylation sites is 2. The van der Waals surface area contributed by atoms with Gasteiger partial charge in [-0.15, -0.1) is 11.3 Å². The quantitative estimate of drug-likeness (QED) is 0.163. The summed E-state index contributed by atoms with van der Waals surface area (Å²) in [7, 11) is 0. The van der Waals surface area contributed by atoms with Gasteiger partial charge in [0, 0.05) is 43.6 Å². The van der Waals surface area contributed by atoms with E-state index < -0.39 is 0 Å². The zero-order chi connectivity index (χ0) is 40.0. The molecule has 0 N–H and O–H groups in total. The molecule has 0 fully saturated rings. The molecule has 9 aromatic carbocycles. The van der Waals surface area contributed by atoms with Crippen molar-refractivity contribution in [2.24, 2.45) is 0 Å². The summed E-state index contributed by atoms with van der Waals surface area (Å²) in [6.07, 6.45) is 0. The number of thiazole rings is 1. The van der Waals surface area contributed by atoms with E-state index in [2.05, 4.69) is 173 Å². The number of hydrogen-bond acceptors (Lipinski definition) is 5. The number of rotatable bonds is 5. The molecule has 0 unspecified atom stereocenters. The van der Waals surface area contributed by atoms with Crippen LogP contribution in [0, 0.1) is 0 Å². The monoisotopic (exact) mass is 796 g/mol. The molecule has 0 radical (unpaired) electrons. The van der Waals surface area contributed by atoms with Crippen LogP contribution in [0.1, 0.15) is 0 Å². The Bertz CT molecular complexity index is 3880. The molecule has 13 aromatic rings. The van der Waals surface area contributed by atoms with Crippen molar-refractivity contribution in [3.8, 4) is 45.0 Å². The molecular weight excluding hydrogens is 765 g/mol. The maximum Gasteiger partial charge on any atom is 0.238 e. The second-order valence-electron chi connectivity index (χ2n) is 15.4. The Morgan fingerprint density at radius 2 is 0.951 bits per heavy atom. The highest BCUT2D eigenvalue weighted by Gasteiger charge is 2.25. The van der Waals surface area contributed by atoms with E-state index in [0.29, 0.717) is 17.6 Å². The van der Waals surface area contributed by atoms with Crippen molar-refractivity contribution in [2.75, 3.05) is 0 Å². The Morgan fingerprint density at radius 3 is 1.72 bits per heavy atom. The van der Waals surface area contributed by atoms with Gasteiger partial charge in [0.15, 0.2) is 11.6 Å². The van der Waals surface area contributed by atoms with Crippen LogP contribution in [-0.4, -0.2) is 29.1 Å². The number of hydrogen-bond donors (Lipinski definition) is 0. The normalized spacial score (nSPS) is 11.9. The van der Waals surface area contributed by atoms with Crippen LogP contribution in [0.3, 0.4) is 0 Å². The summed E-state index contributed by atoms with van der Waals surface area (Å²) >= 11 is 1.67. The second kappa shape index (κ2) is 13.3. The highest BCUT2D eigenvalue weighted by Crippen LogP contribution is 2.44. The van der Waals surface area contributed by atoms with Gasteiger partial charge in [0.1, 0.15) is 5.01 Å². The van der Waals surface area contributed by atoms with Crippen LogP contribution in [0.15, 0.2) is 194 Å². The molecule has 0 saturated heterocycles. The summed E-state index contributed by atoms with van der Waals surface area (Å²) in [4.78, 5) is 21.1. The molecule has 61 heavy (non-hydrogen) atoms. The van der Waals surface area contributed by atoms with Crippen molar-refractivity contribution in [1.82, 2.24) is 29.1 Å². The summed E-state index contributed by atoms with van der Waals surface area (Å²) in [5.74, 6) is 1.75. The van der Waals surface area contributed by atoms with Gasteiger partial charge in [0.25, 0.3) is 0 Å². The molecule has 0 saturated carbocycles. The Labute approximate surface area is 353 Å². The molecule has 4 heterocycles. The van der Waals surface area contributed by atoms with E-state index in [1.165, 1.54) is 26.9 Å². The first kappa shape index (κ1) is 33.9. The lowest BCUT2D eigenvalue weighted by atomic mass is 10.0. The third-order valence-electron chi connectivity index (χ3n) is 12.0. The fourth-order valence-corrected chi connectivity index (χ4v) is 10.4. The molecule has 284 valence electrons. The van der Waals surface area contributed by atoms with Crippen LogP contribution in [-0.2, 0) is 0 Å². The molecule has 0 aliphatic rings. The number of nitrogens with zero attached hydrogens (tertiary/aromatic N) is 6. The van der Waals surface area contributed by atoms with E-state index >= 15 is 0 Å². The van der Waals surface area contributed by atoms with Crippen molar-refractivity contribution in [3.05, 3.63) is 194 Å². The maximum atomic E-state index is 5.46. The summed E-state index contributed by atoms with van der Waals surface area (Å²) in [6, 6.07) is 68.6. The van der Waals surface area contributed by atoms with Gasteiger partial charge in [-0.2, -0.15) is 9.97 Å². The number of benzene rings is 9. The fraction of sp³-hybridized carbons (Fsp3) is 0. The Morgan fingerprint density at radius 1 is 0.361 bits per heavy atom. The first-order chi connectivity index (χ1) is 30.3. The molecule has 0 atom stereocenters. The first-order valence-corrected chi connectivity index (χ1v) is 21.2. The molecular formula is C54H32N6S. The van der Waals surface area contributed by atoms with Crippen molar-refractivity contribution in [2.45, 2.75) is 0 Å². The standard InChI is InChI=1S/C54H32N6S/c1-3-16-34(17-4-1)51-56-52(43-24-13-25-44-50(43)61-53(55-44)35-18-5-2-6-19-35)58-54(57-51)60-47-27-12-10-22-39(47)42-32-31-41-38-21-9-11-26-45(38)59(48(41)49(42)60)46-28-14-23-37-36-20-8-7-15-33(36)29-30-40(37)46/h1-32H. The predicted molar refractivity (Wildman–Crippen MR) is 253 cm³/mol. The first-order valence-electron chi connectivity index (χ1n) is 20.4. The summed E-state index contributed by atoms with van der Waals surface area (Å²) in [6.45, 7) is 0. The SMILES string of the molecule is c1ccc(-c2nc(-c3cccc4nc(-c5ccccc5)sc34)nc(-n3c4ccccc4c4ccc5c6ccccc6n(-c6cccc7c6ccc6ccccc67)c5c43)n2)cc1. The van der Waals surface area contributed by atoms with Gasteiger partial charge in [-0.1, -0.05) is 164 Å². The minimum absolute atomic E-state index is 0.549. The van der Waals surface area contributed by atoms with Crippen LogP contribution in [0.5, 0.6) is 0 Å².